The van der Waals surface area contributed by atoms with E-state index in [1.165, 1.54) is 0 Å². The minimum absolute atomic E-state index is 0.219. The van der Waals surface area contributed by atoms with Gasteiger partial charge in [0, 0.05) is 13.1 Å². The summed E-state index contributed by atoms with van der Waals surface area (Å²) in [5.74, 6) is 2.16. The summed E-state index contributed by atoms with van der Waals surface area (Å²) < 4.78 is 5.73. The van der Waals surface area contributed by atoms with Gasteiger partial charge in [0.25, 0.3) is 0 Å². The lowest BCUT2D eigenvalue weighted by Gasteiger charge is -2.30. The summed E-state index contributed by atoms with van der Waals surface area (Å²) >= 11 is 0. The number of rotatable bonds is 7. The Morgan fingerprint density at radius 3 is 2.58 bits per heavy atom. The molecule has 1 atom stereocenters. The monoisotopic (exact) mass is 332 g/mol. The van der Waals surface area contributed by atoms with Crippen LogP contribution < -0.4 is 10.1 Å². The van der Waals surface area contributed by atoms with E-state index in [1.807, 2.05) is 50.1 Å². The quantitative estimate of drug-likeness (QED) is 0.834. The van der Waals surface area contributed by atoms with E-state index in [0.29, 0.717) is 18.4 Å². The van der Waals surface area contributed by atoms with Crippen molar-refractivity contribution in [1.82, 2.24) is 10.2 Å². The maximum atomic E-state index is 13.0. The van der Waals surface area contributed by atoms with Gasteiger partial charge in [-0.05, 0) is 63.4 Å². The van der Waals surface area contributed by atoms with Crippen LogP contribution in [-0.4, -0.2) is 44.1 Å². The zero-order valence-corrected chi connectivity index (χ0v) is 15.8. The molecule has 0 spiro atoms. The summed E-state index contributed by atoms with van der Waals surface area (Å²) in [6.45, 7) is 11.7. The highest BCUT2D eigenvalue weighted by atomic mass is 16.5. The van der Waals surface area contributed by atoms with Crippen LogP contribution >= 0.6 is 0 Å². The van der Waals surface area contributed by atoms with Crippen LogP contribution in [0.3, 0.4) is 0 Å². The lowest BCUT2D eigenvalue weighted by atomic mass is 9.83. The first-order valence-corrected chi connectivity index (χ1v) is 9.02. The third-order valence-corrected chi connectivity index (χ3v) is 4.76. The zero-order valence-electron chi connectivity index (χ0n) is 15.8. The molecular formula is C20H32N2O2. The average molecular weight is 332 g/mol. The lowest BCUT2D eigenvalue weighted by molar-refractivity contribution is -0.135. The van der Waals surface area contributed by atoms with E-state index in [9.17, 15) is 4.79 Å². The molecule has 1 aromatic carbocycles. The van der Waals surface area contributed by atoms with Crippen LogP contribution in [0.1, 0.15) is 39.7 Å². The molecule has 1 aromatic rings. The molecule has 1 heterocycles. The van der Waals surface area contributed by atoms with Crippen LogP contribution in [0.2, 0.25) is 0 Å². The first-order valence-electron chi connectivity index (χ1n) is 9.02. The van der Waals surface area contributed by atoms with Crippen LogP contribution in [0.4, 0.5) is 0 Å². The molecule has 4 heteroatoms. The van der Waals surface area contributed by atoms with Gasteiger partial charge in [-0.25, -0.2) is 0 Å². The second-order valence-corrected chi connectivity index (χ2v) is 7.82. The number of carbonyl (C=O) groups excluding carboxylic acids is 1. The summed E-state index contributed by atoms with van der Waals surface area (Å²) in [4.78, 5) is 15.0. The Hall–Kier alpha value is -1.55. The van der Waals surface area contributed by atoms with Crippen LogP contribution in [0, 0.1) is 11.8 Å². The Labute approximate surface area is 146 Å². The first-order chi connectivity index (χ1) is 11.3. The summed E-state index contributed by atoms with van der Waals surface area (Å²) in [5, 5.41) is 3.21. The van der Waals surface area contributed by atoms with Gasteiger partial charge in [-0.3, -0.25) is 4.79 Å². The van der Waals surface area contributed by atoms with E-state index in [4.69, 9.17) is 4.74 Å². The molecule has 0 saturated carbocycles. The van der Waals surface area contributed by atoms with Gasteiger partial charge in [0.15, 0.2) is 0 Å². The van der Waals surface area contributed by atoms with Gasteiger partial charge in [0.1, 0.15) is 5.75 Å². The molecular weight excluding hydrogens is 300 g/mol. The number of nitrogens with one attached hydrogen (secondary N) is 1. The second-order valence-electron chi connectivity index (χ2n) is 7.82. The zero-order chi connectivity index (χ0) is 17.7. The van der Waals surface area contributed by atoms with Crippen LogP contribution in [0.5, 0.6) is 5.75 Å². The SMILES string of the molecule is CNCC1CCN(C(=O)C(C)(C)c2ccc(OCC(C)C)cc2)C1. The average Bonchev–Trinajstić information content (AvgIpc) is 3.01. The van der Waals surface area contributed by atoms with Crippen LogP contribution in [0.25, 0.3) is 0 Å². The second kappa shape index (κ2) is 8.02. The molecule has 1 aliphatic heterocycles. The number of carbonyl (C=O) groups is 1. The van der Waals surface area contributed by atoms with E-state index in [-0.39, 0.29) is 5.91 Å². The molecule has 1 aliphatic rings. The smallest absolute Gasteiger partial charge is 0.232 e. The fourth-order valence-corrected chi connectivity index (χ4v) is 3.22. The van der Waals surface area contributed by atoms with Gasteiger partial charge in [-0.15, -0.1) is 0 Å². The van der Waals surface area contributed by atoms with Gasteiger partial charge < -0.3 is 15.0 Å². The van der Waals surface area contributed by atoms with Crippen molar-refractivity contribution in [2.24, 2.45) is 11.8 Å². The van der Waals surface area contributed by atoms with Crippen molar-refractivity contribution in [3.63, 3.8) is 0 Å². The normalized spacial score (nSPS) is 18.2. The Kier molecular flexibility index (Phi) is 6.27. The van der Waals surface area contributed by atoms with Crippen molar-refractivity contribution < 1.29 is 9.53 Å². The molecule has 1 unspecified atom stereocenters. The maximum Gasteiger partial charge on any atom is 0.232 e. The van der Waals surface area contributed by atoms with Crippen molar-refractivity contribution >= 4 is 5.91 Å². The Bertz CT molecular complexity index is 537. The van der Waals surface area contributed by atoms with Crippen molar-refractivity contribution in [2.45, 2.75) is 39.5 Å². The molecule has 0 aromatic heterocycles. The molecule has 1 fully saturated rings. The number of hydrogen-bond donors (Lipinski definition) is 1. The molecule has 2 rings (SSSR count). The number of hydrogen-bond acceptors (Lipinski definition) is 3. The van der Waals surface area contributed by atoms with E-state index in [1.54, 1.807) is 0 Å². The summed E-state index contributed by atoms with van der Waals surface area (Å²) in [6.07, 6.45) is 1.09. The molecule has 1 N–H and O–H groups in total. The topological polar surface area (TPSA) is 41.6 Å². The molecule has 4 nitrogen and oxygen atoms in total. The van der Waals surface area contributed by atoms with Gasteiger partial charge in [0.2, 0.25) is 5.91 Å². The number of likely N-dealkylation sites (tertiary alicyclic amines) is 1. The summed E-state index contributed by atoms with van der Waals surface area (Å²) in [7, 11) is 1.97. The van der Waals surface area contributed by atoms with E-state index < -0.39 is 5.41 Å². The minimum Gasteiger partial charge on any atom is -0.493 e. The van der Waals surface area contributed by atoms with Crippen molar-refractivity contribution in [2.75, 3.05) is 33.3 Å². The molecule has 1 saturated heterocycles. The fraction of sp³-hybridized carbons (Fsp3) is 0.650. The largest absolute Gasteiger partial charge is 0.493 e. The molecule has 0 bridgehead atoms. The third kappa shape index (κ3) is 4.50. The maximum absolute atomic E-state index is 13.0. The predicted octanol–water partition coefficient (Wildman–Crippen LogP) is 3.07. The molecule has 0 aliphatic carbocycles. The fourth-order valence-electron chi connectivity index (χ4n) is 3.22. The van der Waals surface area contributed by atoms with E-state index >= 15 is 0 Å². The van der Waals surface area contributed by atoms with E-state index in [0.717, 1.165) is 37.4 Å². The Balaban J connectivity index is 2.02. The van der Waals surface area contributed by atoms with Crippen LogP contribution in [-0.2, 0) is 10.2 Å². The lowest BCUT2D eigenvalue weighted by Crippen LogP contribution is -2.42. The van der Waals surface area contributed by atoms with Gasteiger partial charge in [-0.2, -0.15) is 0 Å². The van der Waals surface area contributed by atoms with Crippen LogP contribution in [0.15, 0.2) is 24.3 Å². The molecule has 24 heavy (non-hydrogen) atoms. The van der Waals surface area contributed by atoms with Gasteiger partial charge >= 0.3 is 0 Å². The van der Waals surface area contributed by atoms with Gasteiger partial charge in [-0.1, -0.05) is 26.0 Å². The van der Waals surface area contributed by atoms with E-state index in [2.05, 4.69) is 19.2 Å². The first kappa shape index (κ1) is 18.8. The number of amides is 1. The molecule has 134 valence electrons. The standard InChI is InChI=1S/C20H32N2O2/c1-15(2)14-24-18-8-6-17(7-9-18)20(3,4)19(23)22-11-10-16(13-22)12-21-5/h6-9,15-16,21H,10-14H2,1-5H3. The molecule has 0 radical (unpaired) electrons. The summed E-state index contributed by atoms with van der Waals surface area (Å²) in [5.41, 5.74) is 0.534. The number of nitrogens with zero attached hydrogens (tertiary/aromatic N) is 1. The van der Waals surface area contributed by atoms with Gasteiger partial charge in [0.05, 0.1) is 12.0 Å². The van der Waals surface area contributed by atoms with Crippen molar-refractivity contribution in [3.05, 3.63) is 29.8 Å². The Morgan fingerprint density at radius 2 is 2.00 bits per heavy atom. The molecule has 1 amide bonds. The number of benzene rings is 1. The highest BCUT2D eigenvalue weighted by Gasteiger charge is 2.36. The van der Waals surface area contributed by atoms with Crippen molar-refractivity contribution in [3.8, 4) is 5.75 Å². The summed E-state index contributed by atoms with van der Waals surface area (Å²) in [6, 6.07) is 7.99. The minimum atomic E-state index is -0.509. The highest BCUT2D eigenvalue weighted by Crippen LogP contribution is 2.30. The third-order valence-electron chi connectivity index (χ3n) is 4.76. The Morgan fingerprint density at radius 1 is 1.33 bits per heavy atom. The highest BCUT2D eigenvalue weighted by molar-refractivity contribution is 5.87. The number of ether oxygens (including phenoxy) is 1. The van der Waals surface area contributed by atoms with Crippen molar-refractivity contribution in [1.29, 1.82) is 0 Å². The predicted molar refractivity (Wildman–Crippen MR) is 98.4 cm³/mol.